The largest absolute Gasteiger partial charge is 0.459 e. The molecule has 8 heteroatoms. The van der Waals surface area contributed by atoms with Gasteiger partial charge in [-0.3, -0.25) is 0 Å². The van der Waals surface area contributed by atoms with Gasteiger partial charge >= 0.3 is 11.9 Å². The van der Waals surface area contributed by atoms with Gasteiger partial charge in [0.15, 0.2) is 0 Å². The summed E-state index contributed by atoms with van der Waals surface area (Å²) in [7, 11) is 2.81. The van der Waals surface area contributed by atoms with Gasteiger partial charge in [0.25, 0.3) is 0 Å². The van der Waals surface area contributed by atoms with Gasteiger partial charge in [-0.1, -0.05) is 0 Å². The van der Waals surface area contributed by atoms with Crippen LogP contribution in [-0.2, 0) is 18.9 Å². The predicted molar refractivity (Wildman–Crippen MR) is 82.8 cm³/mol. The van der Waals surface area contributed by atoms with E-state index in [4.69, 9.17) is 29.2 Å². The van der Waals surface area contributed by atoms with E-state index in [-0.39, 0.29) is 37.6 Å². The summed E-state index contributed by atoms with van der Waals surface area (Å²) < 4.78 is 19.8. The fraction of sp³-hybridized carbons (Fsp3) is 0.500. The molecule has 0 spiro atoms. The third kappa shape index (κ3) is 6.25. The lowest BCUT2D eigenvalue weighted by Crippen LogP contribution is -2.24. The zero-order chi connectivity index (χ0) is 17.9. The van der Waals surface area contributed by atoms with Gasteiger partial charge in [0.1, 0.15) is 25.4 Å². The molecule has 0 bridgehead atoms. The Balaban J connectivity index is 2.55. The van der Waals surface area contributed by atoms with Gasteiger partial charge < -0.3 is 29.2 Å². The molecule has 0 aliphatic rings. The highest BCUT2D eigenvalue weighted by molar-refractivity contribution is 5.93. The lowest BCUT2D eigenvalue weighted by atomic mass is 10.1. The summed E-state index contributed by atoms with van der Waals surface area (Å²) in [5.74, 6) is -1.18. The molecule has 0 aliphatic carbocycles. The zero-order valence-corrected chi connectivity index (χ0v) is 13.6. The summed E-state index contributed by atoms with van der Waals surface area (Å²) in [6.07, 6.45) is -1.16. The minimum atomic E-state index is -0.592. The Morgan fingerprint density at radius 1 is 0.833 bits per heavy atom. The molecular weight excluding hydrogens is 320 g/mol. The Kier molecular flexibility index (Phi) is 8.95. The fourth-order valence-corrected chi connectivity index (χ4v) is 1.64. The molecule has 2 unspecified atom stereocenters. The second kappa shape index (κ2) is 10.7. The molecular formula is C16H22O8. The van der Waals surface area contributed by atoms with Gasteiger partial charge in [0, 0.05) is 14.2 Å². The molecule has 0 saturated carbocycles. The van der Waals surface area contributed by atoms with Crippen LogP contribution in [0.15, 0.2) is 24.3 Å². The first-order chi connectivity index (χ1) is 11.5. The Morgan fingerprint density at radius 3 is 1.42 bits per heavy atom. The van der Waals surface area contributed by atoms with Crippen molar-refractivity contribution in [3.63, 3.8) is 0 Å². The van der Waals surface area contributed by atoms with Crippen molar-refractivity contribution in [1.29, 1.82) is 0 Å². The molecule has 24 heavy (non-hydrogen) atoms. The number of methoxy groups -OCH3 is 2. The van der Waals surface area contributed by atoms with E-state index in [0.717, 1.165) is 0 Å². The quantitative estimate of drug-likeness (QED) is 0.572. The van der Waals surface area contributed by atoms with E-state index in [1.165, 1.54) is 38.5 Å². The Hall–Kier alpha value is -2.00. The molecule has 0 aliphatic heterocycles. The fourth-order valence-electron chi connectivity index (χ4n) is 1.64. The zero-order valence-electron chi connectivity index (χ0n) is 13.6. The average molecular weight is 342 g/mol. The maximum absolute atomic E-state index is 11.8. The van der Waals surface area contributed by atoms with E-state index in [0.29, 0.717) is 0 Å². The third-order valence-electron chi connectivity index (χ3n) is 3.23. The number of carbonyl (C=O) groups is 2. The first kappa shape index (κ1) is 20.0. The van der Waals surface area contributed by atoms with Crippen molar-refractivity contribution in [2.45, 2.75) is 12.2 Å². The number of esters is 2. The maximum atomic E-state index is 11.8. The predicted octanol–water partition coefficient (Wildman–Crippen LogP) is 0.0148. The highest BCUT2D eigenvalue weighted by Gasteiger charge is 2.15. The smallest absolute Gasteiger partial charge is 0.338 e. The number of hydrogen-bond acceptors (Lipinski definition) is 8. The monoisotopic (exact) mass is 342 g/mol. The minimum absolute atomic E-state index is 0.0742. The molecule has 0 heterocycles. The van der Waals surface area contributed by atoms with Crippen molar-refractivity contribution in [3.8, 4) is 0 Å². The normalized spacial score (nSPS) is 13.2. The summed E-state index contributed by atoms with van der Waals surface area (Å²) in [5, 5.41) is 17.9. The number of aliphatic hydroxyl groups excluding tert-OH is 2. The standard InChI is InChI=1S/C16H22O8/c1-21-13(7-17)9-23-15(19)11-3-5-12(6-4-11)16(20)24-10-14(8-18)22-2/h3-6,13-14,17-18H,7-10H2,1-2H3. The van der Waals surface area contributed by atoms with Crippen LogP contribution in [0.5, 0.6) is 0 Å². The van der Waals surface area contributed by atoms with Crippen molar-refractivity contribution in [3.05, 3.63) is 35.4 Å². The SMILES string of the molecule is COC(CO)COC(=O)c1ccc(C(=O)OCC(CO)OC)cc1. The molecule has 0 fully saturated rings. The molecule has 0 amide bonds. The lowest BCUT2D eigenvalue weighted by Gasteiger charge is -2.13. The lowest BCUT2D eigenvalue weighted by molar-refractivity contribution is -0.0113. The van der Waals surface area contributed by atoms with Gasteiger partial charge in [-0.25, -0.2) is 9.59 Å². The van der Waals surface area contributed by atoms with Crippen LogP contribution < -0.4 is 0 Å². The van der Waals surface area contributed by atoms with E-state index in [1.807, 2.05) is 0 Å². The van der Waals surface area contributed by atoms with Crippen LogP contribution in [0.3, 0.4) is 0 Å². The van der Waals surface area contributed by atoms with Gasteiger partial charge in [-0.05, 0) is 24.3 Å². The molecule has 2 atom stereocenters. The summed E-state index contributed by atoms with van der Waals surface area (Å²) in [5.41, 5.74) is 0.508. The van der Waals surface area contributed by atoms with Crippen LogP contribution in [0.2, 0.25) is 0 Å². The first-order valence-corrected chi connectivity index (χ1v) is 7.27. The molecule has 0 aromatic heterocycles. The van der Waals surface area contributed by atoms with Crippen LogP contribution in [0.25, 0.3) is 0 Å². The molecule has 134 valence electrons. The molecule has 1 aromatic carbocycles. The number of benzene rings is 1. The van der Waals surface area contributed by atoms with Crippen LogP contribution in [-0.4, -0.2) is 75.0 Å². The van der Waals surface area contributed by atoms with Crippen LogP contribution in [0.1, 0.15) is 20.7 Å². The van der Waals surface area contributed by atoms with E-state index in [9.17, 15) is 9.59 Å². The second-order valence-electron chi connectivity index (χ2n) is 4.85. The van der Waals surface area contributed by atoms with Crippen LogP contribution >= 0.6 is 0 Å². The van der Waals surface area contributed by atoms with E-state index in [1.54, 1.807) is 0 Å². The highest BCUT2D eigenvalue weighted by Crippen LogP contribution is 2.08. The van der Waals surface area contributed by atoms with Crippen molar-refractivity contribution >= 4 is 11.9 Å². The topological polar surface area (TPSA) is 112 Å². The van der Waals surface area contributed by atoms with E-state index >= 15 is 0 Å². The maximum Gasteiger partial charge on any atom is 0.338 e. The summed E-state index contributed by atoms with van der Waals surface area (Å²) in [4.78, 5) is 23.7. The van der Waals surface area contributed by atoms with Crippen LogP contribution in [0, 0.1) is 0 Å². The Morgan fingerprint density at radius 2 is 1.17 bits per heavy atom. The molecule has 8 nitrogen and oxygen atoms in total. The Bertz CT molecular complexity index is 458. The minimum Gasteiger partial charge on any atom is -0.459 e. The van der Waals surface area contributed by atoms with Crippen molar-refractivity contribution in [2.75, 3.05) is 40.6 Å². The molecule has 0 saturated heterocycles. The van der Waals surface area contributed by atoms with E-state index in [2.05, 4.69) is 0 Å². The van der Waals surface area contributed by atoms with Gasteiger partial charge in [0.05, 0.1) is 24.3 Å². The van der Waals surface area contributed by atoms with E-state index < -0.39 is 24.1 Å². The first-order valence-electron chi connectivity index (χ1n) is 7.27. The number of ether oxygens (including phenoxy) is 4. The Labute approximate surface area is 139 Å². The number of rotatable bonds is 10. The van der Waals surface area contributed by atoms with Gasteiger partial charge in [0.2, 0.25) is 0 Å². The van der Waals surface area contributed by atoms with Crippen molar-refractivity contribution in [2.24, 2.45) is 0 Å². The molecule has 0 radical (unpaired) electrons. The average Bonchev–Trinajstić information content (AvgIpc) is 2.63. The third-order valence-corrected chi connectivity index (χ3v) is 3.23. The summed E-state index contributed by atoms with van der Waals surface area (Å²) in [6, 6.07) is 5.72. The molecule has 1 aromatic rings. The number of carbonyl (C=O) groups excluding carboxylic acids is 2. The highest BCUT2D eigenvalue weighted by atomic mass is 16.6. The van der Waals surface area contributed by atoms with Gasteiger partial charge in [-0.15, -0.1) is 0 Å². The van der Waals surface area contributed by atoms with Crippen molar-refractivity contribution < 1.29 is 38.7 Å². The molecule has 2 N–H and O–H groups in total. The van der Waals surface area contributed by atoms with Crippen molar-refractivity contribution in [1.82, 2.24) is 0 Å². The number of aliphatic hydroxyl groups is 2. The van der Waals surface area contributed by atoms with Gasteiger partial charge in [-0.2, -0.15) is 0 Å². The number of hydrogen-bond donors (Lipinski definition) is 2. The summed E-state index contributed by atoms with van der Waals surface area (Å²) in [6.45, 7) is -0.667. The summed E-state index contributed by atoms with van der Waals surface area (Å²) >= 11 is 0. The molecule has 1 rings (SSSR count). The second-order valence-corrected chi connectivity index (χ2v) is 4.85. The van der Waals surface area contributed by atoms with Crippen LogP contribution in [0.4, 0.5) is 0 Å².